The monoisotopic (exact) mass is 504 g/mol. The number of unbranched alkanes of at least 4 members (excludes halogenated alkanes) is 2. The number of nitrogens with zero attached hydrogens (tertiary/aromatic N) is 5. The van der Waals surface area contributed by atoms with E-state index in [0.29, 0.717) is 24.3 Å². The molecule has 3 heterocycles. The van der Waals surface area contributed by atoms with Crippen LogP contribution in [0.2, 0.25) is 0 Å². The average molecular weight is 505 g/mol. The molecule has 2 aliphatic heterocycles. The quantitative estimate of drug-likeness (QED) is 0.383. The molecular weight excluding hydrogens is 464 g/mol. The number of anilines is 2. The summed E-state index contributed by atoms with van der Waals surface area (Å²) in [6.07, 6.45) is 6.34. The van der Waals surface area contributed by atoms with Gasteiger partial charge in [0.15, 0.2) is 11.5 Å². The molecular formula is C26H41ClN6O2. The number of aromatic nitrogens is 2. The van der Waals surface area contributed by atoms with Gasteiger partial charge >= 0.3 is 0 Å². The summed E-state index contributed by atoms with van der Waals surface area (Å²) < 4.78 is 11.8. The molecule has 2 saturated heterocycles. The van der Waals surface area contributed by atoms with Crippen LogP contribution in [0.4, 0.5) is 11.8 Å². The average Bonchev–Trinajstić information content (AvgIpc) is 3.09. The van der Waals surface area contributed by atoms with Crippen LogP contribution in [0.3, 0.4) is 0 Å². The first-order valence-corrected chi connectivity index (χ1v) is 13.6. The number of rotatable bonds is 10. The van der Waals surface area contributed by atoms with Crippen LogP contribution < -0.4 is 19.7 Å². The van der Waals surface area contributed by atoms with Crippen molar-refractivity contribution in [2.45, 2.75) is 44.6 Å². The predicted molar refractivity (Wildman–Crippen MR) is 145 cm³/mol. The van der Waals surface area contributed by atoms with E-state index in [-0.39, 0.29) is 0 Å². The van der Waals surface area contributed by atoms with Crippen LogP contribution in [0.15, 0.2) is 12.1 Å². The first-order chi connectivity index (χ1) is 17.1. The number of fused-ring (bicyclic) bond motifs is 1. The lowest BCUT2D eigenvalue weighted by molar-refractivity contribution is 0.263. The Bertz CT molecular complexity index is 953. The molecule has 8 nitrogen and oxygen atoms in total. The number of halogens is 1. The fraction of sp³-hybridized carbons (Fsp3) is 0.692. The Kier molecular flexibility index (Phi) is 9.52. The lowest BCUT2D eigenvalue weighted by atomic mass is 10.1. The SMILES string of the molecule is COc1cc2c(NC3CCN(C)CC3)nc(N3CCCN(C)CC3)nc2cc1OCCCCCCl. The Morgan fingerprint density at radius 3 is 2.51 bits per heavy atom. The largest absolute Gasteiger partial charge is 0.493 e. The first-order valence-electron chi connectivity index (χ1n) is 13.0. The highest BCUT2D eigenvalue weighted by Crippen LogP contribution is 2.36. The molecule has 194 valence electrons. The second-order valence-corrected chi connectivity index (χ2v) is 10.2. The van der Waals surface area contributed by atoms with Crippen molar-refractivity contribution >= 4 is 34.3 Å². The highest BCUT2D eigenvalue weighted by atomic mass is 35.5. The van der Waals surface area contributed by atoms with Crippen molar-refractivity contribution in [2.24, 2.45) is 0 Å². The zero-order valence-electron chi connectivity index (χ0n) is 21.6. The van der Waals surface area contributed by atoms with E-state index in [0.717, 1.165) is 106 Å². The topological polar surface area (TPSA) is 66.0 Å². The lowest BCUT2D eigenvalue weighted by Crippen LogP contribution is -2.37. The number of ether oxygens (including phenoxy) is 2. The minimum atomic E-state index is 0.399. The van der Waals surface area contributed by atoms with E-state index < -0.39 is 0 Å². The maximum atomic E-state index is 6.13. The van der Waals surface area contributed by atoms with Crippen LogP contribution in [0.5, 0.6) is 11.5 Å². The lowest BCUT2D eigenvalue weighted by Gasteiger charge is -2.30. The summed E-state index contributed by atoms with van der Waals surface area (Å²) in [5, 5.41) is 4.74. The van der Waals surface area contributed by atoms with Gasteiger partial charge in [-0.05, 0) is 78.3 Å². The van der Waals surface area contributed by atoms with E-state index in [2.05, 4.69) is 34.1 Å². The molecule has 35 heavy (non-hydrogen) atoms. The van der Waals surface area contributed by atoms with Gasteiger partial charge in [0.05, 0.1) is 19.2 Å². The summed E-state index contributed by atoms with van der Waals surface area (Å²) in [4.78, 5) is 17.2. The van der Waals surface area contributed by atoms with Gasteiger partial charge in [-0.1, -0.05) is 0 Å². The number of hydrogen-bond acceptors (Lipinski definition) is 8. The standard InChI is InChI=1S/C26H41ClN6O2/c1-31-11-7-12-33(16-15-31)26-29-22-19-24(35-17-6-4-5-10-27)23(34-3)18-21(22)25(30-26)28-20-8-13-32(2)14-9-20/h18-20H,4-17H2,1-3H3,(H,28,29,30). The van der Waals surface area contributed by atoms with Gasteiger partial charge in [-0.25, -0.2) is 4.98 Å². The number of nitrogens with one attached hydrogen (secondary N) is 1. The Morgan fingerprint density at radius 1 is 0.943 bits per heavy atom. The van der Waals surface area contributed by atoms with E-state index in [9.17, 15) is 0 Å². The minimum absolute atomic E-state index is 0.399. The van der Waals surface area contributed by atoms with Crippen LogP contribution in [0, 0.1) is 0 Å². The Morgan fingerprint density at radius 2 is 1.74 bits per heavy atom. The number of hydrogen-bond donors (Lipinski definition) is 1. The summed E-state index contributed by atoms with van der Waals surface area (Å²) in [5.74, 6) is 3.83. The summed E-state index contributed by atoms with van der Waals surface area (Å²) >= 11 is 5.81. The van der Waals surface area contributed by atoms with Gasteiger partial charge in [0, 0.05) is 43.0 Å². The molecule has 0 aliphatic carbocycles. The second-order valence-electron chi connectivity index (χ2n) is 9.86. The van der Waals surface area contributed by atoms with E-state index in [1.54, 1.807) is 7.11 Å². The van der Waals surface area contributed by atoms with Gasteiger partial charge in [-0.3, -0.25) is 0 Å². The smallest absolute Gasteiger partial charge is 0.227 e. The third-order valence-electron chi connectivity index (χ3n) is 7.07. The van der Waals surface area contributed by atoms with Crippen molar-refractivity contribution in [3.8, 4) is 11.5 Å². The van der Waals surface area contributed by atoms with Gasteiger partial charge in [0.2, 0.25) is 5.95 Å². The third-order valence-corrected chi connectivity index (χ3v) is 7.33. The summed E-state index contributed by atoms with van der Waals surface area (Å²) in [6.45, 7) is 6.82. The highest BCUT2D eigenvalue weighted by molar-refractivity contribution is 6.17. The van der Waals surface area contributed by atoms with Crippen molar-refractivity contribution in [2.75, 3.05) is 83.2 Å². The second kappa shape index (κ2) is 12.8. The van der Waals surface area contributed by atoms with Gasteiger partial charge in [-0.15, -0.1) is 11.6 Å². The molecule has 2 aliphatic rings. The minimum Gasteiger partial charge on any atom is -0.493 e. The first kappa shape index (κ1) is 26.0. The zero-order valence-corrected chi connectivity index (χ0v) is 22.3. The van der Waals surface area contributed by atoms with E-state index in [4.69, 9.17) is 31.0 Å². The summed E-state index contributed by atoms with van der Waals surface area (Å²) in [6, 6.07) is 4.45. The molecule has 1 aromatic heterocycles. The maximum Gasteiger partial charge on any atom is 0.227 e. The van der Waals surface area contributed by atoms with Gasteiger partial charge < -0.3 is 29.5 Å². The van der Waals surface area contributed by atoms with Crippen molar-refractivity contribution < 1.29 is 9.47 Å². The Hall–Kier alpha value is -2.03. The number of alkyl halides is 1. The molecule has 0 radical (unpaired) electrons. The van der Waals surface area contributed by atoms with E-state index in [1.807, 2.05) is 12.1 Å². The zero-order chi connectivity index (χ0) is 24.6. The Labute approximate surface area is 214 Å². The van der Waals surface area contributed by atoms with Crippen LogP contribution in [0.1, 0.15) is 38.5 Å². The molecule has 0 unspecified atom stereocenters. The van der Waals surface area contributed by atoms with Crippen LogP contribution >= 0.6 is 11.6 Å². The molecule has 0 bridgehead atoms. The highest BCUT2D eigenvalue weighted by Gasteiger charge is 2.22. The van der Waals surface area contributed by atoms with Crippen LogP contribution in [-0.4, -0.2) is 98.8 Å². The summed E-state index contributed by atoms with van der Waals surface area (Å²) in [5.41, 5.74) is 0.889. The molecule has 9 heteroatoms. The molecule has 4 rings (SSSR count). The van der Waals surface area contributed by atoms with Gasteiger partial charge in [0.25, 0.3) is 0 Å². The van der Waals surface area contributed by atoms with Crippen molar-refractivity contribution in [1.29, 1.82) is 0 Å². The third kappa shape index (κ3) is 7.02. The number of likely N-dealkylation sites (tertiary alicyclic amines) is 1. The predicted octanol–water partition coefficient (Wildman–Crippen LogP) is 4.07. The fourth-order valence-electron chi connectivity index (χ4n) is 4.80. The number of methoxy groups -OCH3 is 1. The summed E-state index contributed by atoms with van der Waals surface area (Å²) in [7, 11) is 6.06. The molecule has 0 saturated carbocycles. The van der Waals surface area contributed by atoms with Crippen LogP contribution in [-0.2, 0) is 0 Å². The maximum absolute atomic E-state index is 6.13. The van der Waals surface area contributed by atoms with Crippen molar-refractivity contribution in [3.63, 3.8) is 0 Å². The van der Waals surface area contributed by atoms with Gasteiger partial charge in [-0.2, -0.15) is 4.98 Å². The molecule has 0 amide bonds. The molecule has 2 fully saturated rings. The molecule has 1 N–H and O–H groups in total. The fourth-order valence-corrected chi connectivity index (χ4v) is 4.99. The van der Waals surface area contributed by atoms with Crippen LogP contribution in [0.25, 0.3) is 10.9 Å². The van der Waals surface area contributed by atoms with E-state index in [1.165, 1.54) is 0 Å². The van der Waals surface area contributed by atoms with Crippen molar-refractivity contribution in [1.82, 2.24) is 19.8 Å². The molecule has 2 aromatic rings. The van der Waals surface area contributed by atoms with Crippen molar-refractivity contribution in [3.05, 3.63) is 12.1 Å². The number of benzene rings is 1. The van der Waals surface area contributed by atoms with E-state index >= 15 is 0 Å². The number of likely N-dealkylation sites (N-methyl/N-ethyl adjacent to an activating group) is 1. The Balaban J connectivity index is 1.65. The molecule has 1 aromatic carbocycles. The van der Waals surface area contributed by atoms with Gasteiger partial charge in [0.1, 0.15) is 5.82 Å². The normalized spacial score (nSPS) is 18.6. The number of piperidine rings is 1. The molecule has 0 atom stereocenters. The molecule has 0 spiro atoms.